The number of ether oxygens (including phenoxy) is 1. The molecule has 0 heterocycles. The van der Waals surface area contributed by atoms with Crippen molar-refractivity contribution in [2.24, 2.45) is 0 Å². The van der Waals surface area contributed by atoms with Crippen molar-refractivity contribution in [1.82, 2.24) is 0 Å². The van der Waals surface area contributed by atoms with Gasteiger partial charge in [-0.3, -0.25) is 10.1 Å². The molecule has 0 spiro atoms. The van der Waals surface area contributed by atoms with Crippen molar-refractivity contribution in [3.8, 4) is 0 Å². The molecule has 25 heavy (non-hydrogen) atoms. The van der Waals surface area contributed by atoms with E-state index in [2.05, 4.69) is 46.9 Å². The van der Waals surface area contributed by atoms with Crippen LogP contribution < -0.4 is 0 Å². The van der Waals surface area contributed by atoms with Crippen LogP contribution in [0.3, 0.4) is 0 Å². The molecule has 140 valence electrons. The van der Waals surface area contributed by atoms with Crippen molar-refractivity contribution >= 4 is 5.97 Å². The minimum Gasteiger partial charge on any atom is -0.469 e. The van der Waals surface area contributed by atoms with Crippen LogP contribution in [0.15, 0.2) is 60.8 Å². The van der Waals surface area contributed by atoms with Gasteiger partial charge >= 0.3 is 5.97 Å². The number of allylic oxidation sites excluding steroid dienone is 8. The molecule has 4 heteroatoms. The number of carbonyl (C=O) groups excluding carboxylic acids is 1. The predicted octanol–water partition coefficient (Wildman–Crippen LogP) is 5.55. The van der Waals surface area contributed by atoms with Gasteiger partial charge in [-0.1, -0.05) is 67.7 Å². The highest BCUT2D eigenvalue weighted by molar-refractivity contribution is 5.69. The van der Waals surface area contributed by atoms with E-state index in [1.54, 1.807) is 6.08 Å². The molecule has 0 radical (unpaired) electrons. The van der Waals surface area contributed by atoms with E-state index in [1.165, 1.54) is 7.11 Å². The lowest BCUT2D eigenvalue weighted by Gasteiger charge is -2.03. The van der Waals surface area contributed by atoms with Crippen LogP contribution in [0.5, 0.6) is 0 Å². The molecule has 0 aliphatic heterocycles. The average Bonchev–Trinajstić information content (AvgIpc) is 2.63. The van der Waals surface area contributed by atoms with E-state index < -0.39 is 0 Å². The second kappa shape index (κ2) is 18.4. The zero-order valence-electron chi connectivity index (χ0n) is 15.5. The summed E-state index contributed by atoms with van der Waals surface area (Å²) in [6, 6.07) is 0. The number of esters is 1. The fourth-order valence-corrected chi connectivity index (χ4v) is 1.92. The molecule has 0 amide bonds. The number of hydrogen-bond donors (Lipinski definition) is 1. The van der Waals surface area contributed by atoms with Crippen LogP contribution in [0, 0.1) is 0 Å². The van der Waals surface area contributed by atoms with Gasteiger partial charge in [-0.2, -0.15) is 0 Å². The fourth-order valence-electron chi connectivity index (χ4n) is 1.92. The van der Waals surface area contributed by atoms with Crippen LogP contribution in [0.2, 0.25) is 0 Å². The van der Waals surface area contributed by atoms with Gasteiger partial charge in [0.2, 0.25) is 0 Å². The largest absolute Gasteiger partial charge is 0.469 e. The Morgan fingerprint density at radius 3 is 2.32 bits per heavy atom. The standard InChI is InChI=1S/C21H32O4/c1-3-4-5-6-7-8-9-11-14-17-20(25-23)18-15-12-10-13-16-19-21(22)24-2/h4-5,7-8,10-12,14-15,18,20,23H,3,6,9,13,16-17,19H2,1-2H3/b5-4-,8-7-,12-10-,14-11-,18-15+. The molecule has 1 N–H and O–H groups in total. The van der Waals surface area contributed by atoms with Gasteiger partial charge < -0.3 is 4.74 Å². The maximum absolute atomic E-state index is 10.9. The molecule has 0 aliphatic rings. The van der Waals surface area contributed by atoms with Gasteiger partial charge in [-0.15, -0.1) is 0 Å². The van der Waals surface area contributed by atoms with Gasteiger partial charge in [-0.25, -0.2) is 4.89 Å². The molecule has 0 fully saturated rings. The summed E-state index contributed by atoms with van der Waals surface area (Å²) in [6.07, 6.45) is 25.3. The van der Waals surface area contributed by atoms with Crippen molar-refractivity contribution in [3.63, 3.8) is 0 Å². The number of carbonyl (C=O) groups is 1. The van der Waals surface area contributed by atoms with Crippen LogP contribution >= 0.6 is 0 Å². The Morgan fingerprint density at radius 1 is 1.00 bits per heavy atom. The first kappa shape index (κ1) is 23.1. The smallest absolute Gasteiger partial charge is 0.305 e. The summed E-state index contributed by atoms with van der Waals surface area (Å²) in [4.78, 5) is 15.4. The topological polar surface area (TPSA) is 55.8 Å². The highest BCUT2D eigenvalue weighted by Gasteiger charge is 2.00. The minimum absolute atomic E-state index is 0.184. The molecular weight excluding hydrogens is 316 g/mol. The predicted molar refractivity (Wildman–Crippen MR) is 103 cm³/mol. The van der Waals surface area contributed by atoms with E-state index in [-0.39, 0.29) is 12.1 Å². The molecular formula is C21H32O4. The highest BCUT2D eigenvalue weighted by Crippen LogP contribution is 2.03. The molecule has 0 aromatic carbocycles. The van der Waals surface area contributed by atoms with E-state index in [4.69, 9.17) is 5.26 Å². The van der Waals surface area contributed by atoms with E-state index >= 15 is 0 Å². The van der Waals surface area contributed by atoms with Gasteiger partial charge in [-0.05, 0) is 38.5 Å². The van der Waals surface area contributed by atoms with Crippen molar-refractivity contribution in [2.75, 3.05) is 7.11 Å². The summed E-state index contributed by atoms with van der Waals surface area (Å²) in [5, 5.41) is 8.90. The molecule has 0 aliphatic carbocycles. The second-order valence-corrected chi connectivity index (χ2v) is 5.45. The molecule has 1 unspecified atom stereocenters. The third kappa shape index (κ3) is 16.7. The third-order valence-electron chi connectivity index (χ3n) is 3.34. The zero-order valence-corrected chi connectivity index (χ0v) is 15.5. The Kier molecular flexibility index (Phi) is 17.0. The summed E-state index contributed by atoms with van der Waals surface area (Å²) in [7, 11) is 1.39. The number of rotatable bonds is 14. The summed E-state index contributed by atoms with van der Waals surface area (Å²) in [6.45, 7) is 2.12. The average molecular weight is 348 g/mol. The van der Waals surface area contributed by atoms with Crippen molar-refractivity contribution < 1.29 is 19.7 Å². The number of hydrogen-bond acceptors (Lipinski definition) is 4. The summed E-state index contributed by atoms with van der Waals surface area (Å²) < 4.78 is 4.57. The molecule has 0 bridgehead atoms. The lowest BCUT2D eigenvalue weighted by Crippen LogP contribution is -2.04. The molecule has 0 saturated carbocycles. The van der Waals surface area contributed by atoms with Gasteiger partial charge in [0, 0.05) is 6.42 Å². The van der Waals surface area contributed by atoms with E-state index in [1.807, 2.05) is 24.3 Å². The van der Waals surface area contributed by atoms with E-state index in [0.29, 0.717) is 12.8 Å². The molecule has 1 atom stereocenters. The second-order valence-electron chi connectivity index (χ2n) is 5.45. The lowest BCUT2D eigenvalue weighted by molar-refractivity contribution is -0.264. The Balaban J connectivity index is 3.87. The first-order valence-electron chi connectivity index (χ1n) is 8.89. The fraction of sp³-hybridized carbons (Fsp3) is 0.476. The molecule has 4 nitrogen and oxygen atoms in total. The van der Waals surface area contributed by atoms with E-state index in [0.717, 1.165) is 32.1 Å². The normalized spacial score (nSPS) is 13.9. The van der Waals surface area contributed by atoms with Gasteiger partial charge in [0.05, 0.1) is 7.11 Å². The quantitative estimate of drug-likeness (QED) is 0.112. The molecule has 0 aromatic heterocycles. The Hall–Kier alpha value is -1.91. The van der Waals surface area contributed by atoms with E-state index in [9.17, 15) is 4.79 Å². The third-order valence-corrected chi connectivity index (χ3v) is 3.34. The zero-order chi connectivity index (χ0) is 18.6. The van der Waals surface area contributed by atoms with Crippen LogP contribution in [0.4, 0.5) is 0 Å². The molecule has 0 saturated heterocycles. The number of unbranched alkanes of at least 4 members (excludes halogenated alkanes) is 1. The maximum Gasteiger partial charge on any atom is 0.305 e. The first-order chi connectivity index (χ1) is 12.2. The van der Waals surface area contributed by atoms with Crippen molar-refractivity contribution in [1.29, 1.82) is 0 Å². The monoisotopic (exact) mass is 348 g/mol. The van der Waals surface area contributed by atoms with Gasteiger partial charge in [0.15, 0.2) is 0 Å². The van der Waals surface area contributed by atoms with Crippen molar-refractivity contribution in [3.05, 3.63) is 60.8 Å². The van der Waals surface area contributed by atoms with Crippen LogP contribution in [0.25, 0.3) is 0 Å². The Labute approximate surface area is 152 Å². The maximum atomic E-state index is 10.9. The molecule has 0 aromatic rings. The van der Waals surface area contributed by atoms with Crippen molar-refractivity contribution in [2.45, 2.75) is 58.0 Å². The van der Waals surface area contributed by atoms with Gasteiger partial charge in [0.25, 0.3) is 0 Å². The summed E-state index contributed by atoms with van der Waals surface area (Å²) >= 11 is 0. The SMILES string of the molecule is CC/C=C\C/C=C\C/C=C\CC(/C=C/C=C\CCCC(=O)OC)OO. The summed E-state index contributed by atoms with van der Waals surface area (Å²) in [5.41, 5.74) is 0. The van der Waals surface area contributed by atoms with Crippen LogP contribution in [-0.4, -0.2) is 24.4 Å². The number of methoxy groups -OCH3 is 1. The Morgan fingerprint density at radius 2 is 1.68 bits per heavy atom. The summed E-state index contributed by atoms with van der Waals surface area (Å²) in [5.74, 6) is -0.184. The lowest BCUT2D eigenvalue weighted by atomic mass is 10.2. The minimum atomic E-state index is -0.354. The van der Waals surface area contributed by atoms with Crippen LogP contribution in [-0.2, 0) is 14.4 Å². The molecule has 0 rings (SSSR count). The highest BCUT2D eigenvalue weighted by atomic mass is 17.1. The first-order valence-corrected chi connectivity index (χ1v) is 8.89. The van der Waals surface area contributed by atoms with Crippen LogP contribution in [0.1, 0.15) is 51.9 Å². The Bertz CT molecular complexity index is 459. The van der Waals surface area contributed by atoms with Gasteiger partial charge in [0.1, 0.15) is 6.10 Å².